The van der Waals surface area contributed by atoms with E-state index in [1.807, 2.05) is 36.1 Å². The number of ether oxygens (including phenoxy) is 1. The summed E-state index contributed by atoms with van der Waals surface area (Å²) in [7, 11) is 1.67. The van der Waals surface area contributed by atoms with Crippen LogP contribution in [0.4, 0.5) is 0 Å². The lowest BCUT2D eigenvalue weighted by molar-refractivity contribution is -0.142. The second-order valence-corrected chi connectivity index (χ2v) is 9.42. The highest BCUT2D eigenvalue weighted by atomic mass is 16.5. The number of carbonyl (C=O) groups is 2. The molecule has 2 aromatic carbocycles. The van der Waals surface area contributed by atoms with Gasteiger partial charge in [0.25, 0.3) is 0 Å². The maximum atomic E-state index is 13.2. The minimum absolute atomic E-state index is 0.0700. The number of nitrogens with zero attached hydrogens (tertiary/aromatic N) is 1. The highest BCUT2D eigenvalue weighted by molar-refractivity contribution is 5.86. The molecule has 2 fully saturated rings. The lowest BCUT2D eigenvalue weighted by Gasteiger charge is -2.42. The Morgan fingerprint density at radius 3 is 2.28 bits per heavy atom. The van der Waals surface area contributed by atoms with Crippen molar-refractivity contribution in [1.29, 1.82) is 0 Å². The first-order valence-electron chi connectivity index (χ1n) is 11.8. The van der Waals surface area contributed by atoms with Gasteiger partial charge in [0.05, 0.1) is 12.5 Å². The normalized spacial score (nSPS) is 24.7. The number of nitrogens with one attached hydrogen (secondary N) is 1. The Labute approximate surface area is 191 Å². The zero-order valence-corrected chi connectivity index (χ0v) is 19.4. The van der Waals surface area contributed by atoms with E-state index in [4.69, 9.17) is 4.74 Å². The molecule has 3 atom stereocenters. The topological polar surface area (TPSA) is 58.6 Å². The summed E-state index contributed by atoms with van der Waals surface area (Å²) in [6, 6.07) is 16.5. The first kappa shape index (κ1) is 22.4. The van der Waals surface area contributed by atoms with Gasteiger partial charge in [-0.2, -0.15) is 0 Å². The highest BCUT2D eigenvalue weighted by Crippen LogP contribution is 2.42. The molecule has 4 rings (SSSR count). The summed E-state index contributed by atoms with van der Waals surface area (Å²) < 4.78 is 5.25. The Balaban J connectivity index is 1.53. The molecular formula is C27H34N2O3. The SMILES string of the molecule is CCNC(=O)[C@]1(Cc2ccc(-c3ccc(OC)cc3)cc2)CCCN(C(=O)[C@H]2C[C@@H]2C)C1. The Kier molecular flexibility index (Phi) is 6.54. The predicted octanol–water partition coefficient (Wildman–Crippen LogP) is 4.31. The van der Waals surface area contributed by atoms with Crippen molar-refractivity contribution >= 4 is 11.8 Å². The van der Waals surface area contributed by atoms with E-state index in [9.17, 15) is 9.59 Å². The van der Waals surface area contributed by atoms with Gasteiger partial charge in [-0.3, -0.25) is 9.59 Å². The fraction of sp³-hybridized carbons (Fsp3) is 0.481. The number of benzene rings is 2. The molecule has 0 bridgehead atoms. The molecular weight excluding hydrogens is 400 g/mol. The fourth-order valence-corrected chi connectivity index (χ4v) is 4.97. The zero-order chi connectivity index (χ0) is 22.7. The third-order valence-corrected chi connectivity index (χ3v) is 7.05. The number of piperidine rings is 1. The molecule has 1 heterocycles. The molecule has 32 heavy (non-hydrogen) atoms. The summed E-state index contributed by atoms with van der Waals surface area (Å²) in [6.07, 6.45) is 3.30. The van der Waals surface area contributed by atoms with Crippen LogP contribution in [0, 0.1) is 17.3 Å². The average Bonchev–Trinajstić information content (AvgIpc) is 3.56. The van der Waals surface area contributed by atoms with Gasteiger partial charge < -0.3 is 15.0 Å². The minimum Gasteiger partial charge on any atom is -0.497 e. The summed E-state index contributed by atoms with van der Waals surface area (Å²) in [5, 5.41) is 3.05. The highest BCUT2D eigenvalue weighted by Gasteiger charge is 2.47. The molecule has 0 spiro atoms. The van der Waals surface area contributed by atoms with Crippen LogP contribution in [0.25, 0.3) is 11.1 Å². The van der Waals surface area contributed by atoms with Gasteiger partial charge in [0.15, 0.2) is 0 Å². The van der Waals surface area contributed by atoms with Gasteiger partial charge in [-0.25, -0.2) is 0 Å². The largest absolute Gasteiger partial charge is 0.497 e. The van der Waals surface area contributed by atoms with Gasteiger partial charge in [0.2, 0.25) is 11.8 Å². The quantitative estimate of drug-likeness (QED) is 0.707. The second kappa shape index (κ2) is 9.35. The van der Waals surface area contributed by atoms with E-state index in [-0.39, 0.29) is 17.7 Å². The Hall–Kier alpha value is -2.82. The van der Waals surface area contributed by atoms with Crippen molar-refractivity contribution in [3.05, 3.63) is 54.1 Å². The number of amides is 2. The lowest BCUT2D eigenvalue weighted by atomic mass is 9.74. The van der Waals surface area contributed by atoms with Crippen LogP contribution >= 0.6 is 0 Å². The molecule has 5 heteroatoms. The number of hydrogen-bond donors (Lipinski definition) is 1. The van der Waals surface area contributed by atoms with E-state index in [1.165, 1.54) is 0 Å². The van der Waals surface area contributed by atoms with Crippen molar-refractivity contribution in [3.63, 3.8) is 0 Å². The van der Waals surface area contributed by atoms with Crippen molar-refractivity contribution in [1.82, 2.24) is 10.2 Å². The molecule has 0 unspecified atom stereocenters. The molecule has 0 aromatic heterocycles. The van der Waals surface area contributed by atoms with Crippen molar-refractivity contribution in [2.75, 3.05) is 26.7 Å². The molecule has 1 aliphatic carbocycles. The molecule has 1 saturated carbocycles. The smallest absolute Gasteiger partial charge is 0.228 e. The molecule has 2 aliphatic rings. The third-order valence-electron chi connectivity index (χ3n) is 7.05. The van der Waals surface area contributed by atoms with Crippen LogP contribution in [-0.4, -0.2) is 43.5 Å². The molecule has 1 aliphatic heterocycles. The van der Waals surface area contributed by atoms with Crippen LogP contribution in [-0.2, 0) is 16.0 Å². The van der Waals surface area contributed by atoms with Crippen molar-refractivity contribution < 1.29 is 14.3 Å². The van der Waals surface area contributed by atoms with Crippen LogP contribution in [0.1, 0.15) is 38.7 Å². The average molecular weight is 435 g/mol. The van der Waals surface area contributed by atoms with E-state index in [0.717, 1.165) is 48.2 Å². The fourth-order valence-electron chi connectivity index (χ4n) is 4.97. The van der Waals surface area contributed by atoms with Crippen molar-refractivity contribution in [2.24, 2.45) is 17.3 Å². The standard InChI is InChI=1S/C27H34N2O3/c1-4-28-26(31)27(14-5-15-29(18-27)25(30)24-16-19(24)2)17-20-6-8-21(9-7-20)22-10-12-23(32-3)13-11-22/h6-13,19,24H,4-5,14-18H2,1-3H3,(H,28,31)/t19-,24-,27-/m0/s1. The summed E-state index contributed by atoms with van der Waals surface area (Å²) in [4.78, 5) is 28.1. The molecule has 2 aromatic rings. The number of rotatable bonds is 7. The summed E-state index contributed by atoms with van der Waals surface area (Å²) >= 11 is 0. The van der Waals surface area contributed by atoms with E-state index in [0.29, 0.717) is 25.4 Å². The zero-order valence-electron chi connectivity index (χ0n) is 19.4. The van der Waals surface area contributed by atoms with Crippen LogP contribution in [0.2, 0.25) is 0 Å². The summed E-state index contributed by atoms with van der Waals surface area (Å²) in [5.41, 5.74) is 2.82. The van der Waals surface area contributed by atoms with E-state index in [2.05, 4.69) is 36.5 Å². The molecule has 1 N–H and O–H groups in total. The van der Waals surface area contributed by atoms with E-state index in [1.54, 1.807) is 7.11 Å². The molecule has 0 radical (unpaired) electrons. The number of methoxy groups -OCH3 is 1. The van der Waals surface area contributed by atoms with Crippen molar-refractivity contribution in [3.8, 4) is 16.9 Å². The van der Waals surface area contributed by atoms with Crippen molar-refractivity contribution in [2.45, 2.75) is 39.5 Å². The predicted molar refractivity (Wildman–Crippen MR) is 126 cm³/mol. The third kappa shape index (κ3) is 4.67. The first-order chi connectivity index (χ1) is 15.5. The van der Waals surface area contributed by atoms with Crippen LogP contribution in [0.5, 0.6) is 5.75 Å². The molecule has 2 amide bonds. The summed E-state index contributed by atoms with van der Waals surface area (Å²) in [5.74, 6) is 1.78. The maximum absolute atomic E-state index is 13.2. The van der Waals surface area contributed by atoms with Gasteiger partial charge in [-0.15, -0.1) is 0 Å². The molecule has 170 valence electrons. The second-order valence-electron chi connectivity index (χ2n) is 9.42. The maximum Gasteiger partial charge on any atom is 0.228 e. The number of hydrogen-bond acceptors (Lipinski definition) is 3. The van der Waals surface area contributed by atoms with Gasteiger partial charge in [0, 0.05) is 25.6 Å². The summed E-state index contributed by atoms with van der Waals surface area (Å²) in [6.45, 7) is 5.96. The van der Waals surface area contributed by atoms with Gasteiger partial charge >= 0.3 is 0 Å². The van der Waals surface area contributed by atoms with Gasteiger partial charge in [-0.1, -0.05) is 43.3 Å². The Morgan fingerprint density at radius 1 is 1.09 bits per heavy atom. The minimum atomic E-state index is -0.566. The van der Waals surface area contributed by atoms with Crippen LogP contribution in [0.15, 0.2) is 48.5 Å². The van der Waals surface area contributed by atoms with Gasteiger partial charge in [-0.05, 0) is 67.3 Å². The Morgan fingerprint density at radius 2 is 1.72 bits per heavy atom. The van der Waals surface area contributed by atoms with Crippen LogP contribution in [0.3, 0.4) is 0 Å². The molecule has 1 saturated heterocycles. The van der Waals surface area contributed by atoms with E-state index >= 15 is 0 Å². The first-order valence-corrected chi connectivity index (χ1v) is 11.8. The van der Waals surface area contributed by atoms with E-state index < -0.39 is 5.41 Å². The lowest BCUT2D eigenvalue weighted by Crippen LogP contribution is -2.54. The number of likely N-dealkylation sites (tertiary alicyclic amines) is 1. The Bertz CT molecular complexity index is 954. The number of carbonyl (C=O) groups excluding carboxylic acids is 2. The molecule has 5 nitrogen and oxygen atoms in total. The monoisotopic (exact) mass is 434 g/mol. The van der Waals surface area contributed by atoms with Gasteiger partial charge in [0.1, 0.15) is 5.75 Å². The van der Waals surface area contributed by atoms with Crippen LogP contribution < -0.4 is 10.1 Å².